The highest BCUT2D eigenvalue weighted by Gasteiger charge is 2.38. The summed E-state index contributed by atoms with van der Waals surface area (Å²) in [5.41, 5.74) is 2.43. The van der Waals surface area contributed by atoms with Crippen LogP contribution < -0.4 is 0 Å². The van der Waals surface area contributed by atoms with E-state index in [2.05, 4.69) is 0 Å². The molecule has 78 valence electrons. The number of furan rings is 1. The molecule has 1 aromatic heterocycles. The highest BCUT2D eigenvalue weighted by Crippen LogP contribution is 2.44. The molecule has 2 nitrogen and oxygen atoms in total. The van der Waals surface area contributed by atoms with Gasteiger partial charge in [-0.2, -0.15) is 0 Å². The van der Waals surface area contributed by atoms with Crippen LogP contribution in [0.3, 0.4) is 0 Å². The third-order valence-corrected chi connectivity index (χ3v) is 3.65. The normalized spacial score (nSPS) is 30.1. The van der Waals surface area contributed by atoms with Crippen LogP contribution in [0.25, 0.3) is 0 Å². The maximum atomic E-state index is 11.9. The average molecular weight is 202 g/mol. The Kier molecular flexibility index (Phi) is 2.01. The fourth-order valence-corrected chi connectivity index (χ4v) is 2.94. The number of carbonyl (C=O) groups excluding carboxylic acids is 1. The molecule has 0 unspecified atom stereocenters. The summed E-state index contributed by atoms with van der Waals surface area (Å²) < 4.78 is 5.08. The monoisotopic (exact) mass is 202 g/mol. The second-order valence-electron chi connectivity index (χ2n) is 4.51. The van der Waals surface area contributed by atoms with Crippen molar-refractivity contribution in [2.45, 2.75) is 31.6 Å². The summed E-state index contributed by atoms with van der Waals surface area (Å²) in [5.74, 6) is 0.793. The molecule has 0 aromatic carbocycles. The SMILES string of the molecule is O=C1C=C2CCCC[C@H]2[C@@H]1c1ccoc1. The van der Waals surface area contributed by atoms with E-state index in [4.69, 9.17) is 4.42 Å². The second-order valence-corrected chi connectivity index (χ2v) is 4.51. The molecular formula is C13H14O2. The molecule has 3 rings (SSSR count). The van der Waals surface area contributed by atoms with Gasteiger partial charge in [0.05, 0.1) is 18.4 Å². The minimum atomic E-state index is 0.0547. The Labute approximate surface area is 89.0 Å². The summed E-state index contributed by atoms with van der Waals surface area (Å²) in [7, 11) is 0. The van der Waals surface area contributed by atoms with Gasteiger partial charge in [0.2, 0.25) is 0 Å². The third-order valence-electron chi connectivity index (χ3n) is 3.65. The van der Waals surface area contributed by atoms with Crippen molar-refractivity contribution in [1.82, 2.24) is 0 Å². The topological polar surface area (TPSA) is 30.2 Å². The quantitative estimate of drug-likeness (QED) is 0.700. The average Bonchev–Trinajstić information content (AvgIpc) is 2.82. The molecule has 0 amide bonds. The van der Waals surface area contributed by atoms with Gasteiger partial charge in [-0.25, -0.2) is 0 Å². The van der Waals surface area contributed by atoms with Gasteiger partial charge in [0.25, 0.3) is 0 Å². The van der Waals surface area contributed by atoms with Crippen molar-refractivity contribution in [3.63, 3.8) is 0 Å². The number of hydrogen-bond acceptors (Lipinski definition) is 2. The van der Waals surface area contributed by atoms with E-state index in [-0.39, 0.29) is 11.7 Å². The van der Waals surface area contributed by atoms with Crippen molar-refractivity contribution in [2.24, 2.45) is 5.92 Å². The summed E-state index contributed by atoms with van der Waals surface area (Å²) in [5, 5.41) is 0. The predicted octanol–water partition coefficient (Wildman–Crippen LogP) is 3.06. The molecule has 1 aromatic rings. The summed E-state index contributed by atoms with van der Waals surface area (Å²) in [6.07, 6.45) is 10.0. The zero-order valence-corrected chi connectivity index (χ0v) is 8.61. The molecule has 1 saturated carbocycles. The summed E-state index contributed by atoms with van der Waals surface area (Å²) in [6, 6.07) is 1.92. The Balaban J connectivity index is 1.95. The lowest BCUT2D eigenvalue weighted by atomic mass is 9.78. The maximum Gasteiger partial charge on any atom is 0.163 e. The smallest absolute Gasteiger partial charge is 0.163 e. The molecule has 0 radical (unpaired) electrons. The highest BCUT2D eigenvalue weighted by molar-refractivity contribution is 5.99. The van der Waals surface area contributed by atoms with Gasteiger partial charge in [-0.3, -0.25) is 4.79 Å². The minimum absolute atomic E-state index is 0.0547. The van der Waals surface area contributed by atoms with Crippen molar-refractivity contribution < 1.29 is 9.21 Å². The molecular weight excluding hydrogens is 188 g/mol. The molecule has 2 aliphatic rings. The number of carbonyl (C=O) groups is 1. The van der Waals surface area contributed by atoms with E-state index >= 15 is 0 Å². The van der Waals surface area contributed by atoms with Crippen LogP contribution in [0.15, 0.2) is 34.7 Å². The van der Waals surface area contributed by atoms with E-state index in [0.29, 0.717) is 5.92 Å². The van der Waals surface area contributed by atoms with Crippen molar-refractivity contribution in [3.05, 3.63) is 35.8 Å². The van der Waals surface area contributed by atoms with Gasteiger partial charge in [-0.1, -0.05) is 12.0 Å². The summed E-state index contributed by atoms with van der Waals surface area (Å²) >= 11 is 0. The first-order chi connectivity index (χ1) is 7.36. The molecule has 0 bridgehead atoms. The van der Waals surface area contributed by atoms with E-state index in [1.807, 2.05) is 12.1 Å². The molecule has 2 atom stereocenters. The van der Waals surface area contributed by atoms with Gasteiger partial charge in [0.15, 0.2) is 5.78 Å². The van der Waals surface area contributed by atoms with Crippen LogP contribution in [0.4, 0.5) is 0 Å². The number of fused-ring (bicyclic) bond motifs is 1. The molecule has 0 aliphatic heterocycles. The first-order valence-electron chi connectivity index (χ1n) is 5.62. The van der Waals surface area contributed by atoms with Gasteiger partial charge in [-0.15, -0.1) is 0 Å². The van der Waals surface area contributed by atoms with Crippen LogP contribution >= 0.6 is 0 Å². The Hall–Kier alpha value is -1.31. The van der Waals surface area contributed by atoms with E-state index in [1.165, 1.54) is 18.4 Å². The lowest BCUT2D eigenvalue weighted by Gasteiger charge is -2.25. The Bertz CT molecular complexity index is 400. The van der Waals surface area contributed by atoms with E-state index in [9.17, 15) is 4.79 Å². The van der Waals surface area contributed by atoms with Crippen molar-refractivity contribution in [2.75, 3.05) is 0 Å². The second kappa shape index (κ2) is 3.37. The third kappa shape index (κ3) is 1.36. The maximum absolute atomic E-state index is 11.9. The van der Waals surface area contributed by atoms with E-state index in [0.717, 1.165) is 18.4 Å². The molecule has 1 heterocycles. The predicted molar refractivity (Wildman–Crippen MR) is 56.5 cm³/mol. The zero-order valence-electron chi connectivity index (χ0n) is 8.61. The van der Waals surface area contributed by atoms with Gasteiger partial charge in [-0.05, 0) is 37.3 Å². The summed E-state index contributed by atoms with van der Waals surface area (Å²) in [6.45, 7) is 0. The Morgan fingerprint density at radius 3 is 3.07 bits per heavy atom. The molecule has 2 heteroatoms. The lowest BCUT2D eigenvalue weighted by Crippen LogP contribution is -2.17. The fourth-order valence-electron chi connectivity index (χ4n) is 2.94. The minimum Gasteiger partial charge on any atom is -0.472 e. The molecule has 2 aliphatic carbocycles. The van der Waals surface area contributed by atoms with Crippen molar-refractivity contribution in [1.29, 1.82) is 0 Å². The largest absolute Gasteiger partial charge is 0.472 e. The van der Waals surface area contributed by atoms with E-state index in [1.54, 1.807) is 12.5 Å². The zero-order chi connectivity index (χ0) is 10.3. The van der Waals surface area contributed by atoms with Crippen LogP contribution in [0.1, 0.15) is 37.2 Å². The van der Waals surface area contributed by atoms with Crippen LogP contribution in [0.5, 0.6) is 0 Å². The van der Waals surface area contributed by atoms with Crippen LogP contribution in [0, 0.1) is 5.92 Å². The van der Waals surface area contributed by atoms with Gasteiger partial charge in [0, 0.05) is 5.56 Å². The first kappa shape index (κ1) is 8.96. The molecule has 0 saturated heterocycles. The van der Waals surface area contributed by atoms with Crippen LogP contribution in [-0.4, -0.2) is 5.78 Å². The number of ketones is 1. The van der Waals surface area contributed by atoms with E-state index < -0.39 is 0 Å². The van der Waals surface area contributed by atoms with Gasteiger partial charge >= 0.3 is 0 Å². The Morgan fingerprint density at radius 1 is 1.33 bits per heavy atom. The highest BCUT2D eigenvalue weighted by atomic mass is 16.3. The molecule has 0 spiro atoms. The summed E-state index contributed by atoms with van der Waals surface area (Å²) in [4.78, 5) is 11.9. The Morgan fingerprint density at radius 2 is 2.27 bits per heavy atom. The van der Waals surface area contributed by atoms with Crippen molar-refractivity contribution >= 4 is 5.78 Å². The number of hydrogen-bond donors (Lipinski definition) is 0. The van der Waals surface area contributed by atoms with Crippen molar-refractivity contribution in [3.8, 4) is 0 Å². The van der Waals surface area contributed by atoms with Crippen LogP contribution in [-0.2, 0) is 4.79 Å². The van der Waals surface area contributed by atoms with Gasteiger partial charge in [0.1, 0.15) is 0 Å². The molecule has 0 N–H and O–H groups in total. The van der Waals surface area contributed by atoms with Gasteiger partial charge < -0.3 is 4.42 Å². The van der Waals surface area contributed by atoms with Crippen LogP contribution in [0.2, 0.25) is 0 Å². The number of allylic oxidation sites excluding steroid dienone is 2. The molecule has 1 fully saturated rings. The fraction of sp³-hybridized carbons (Fsp3) is 0.462. The molecule has 15 heavy (non-hydrogen) atoms. The first-order valence-corrected chi connectivity index (χ1v) is 5.62. The lowest BCUT2D eigenvalue weighted by molar-refractivity contribution is -0.116. The standard InChI is InChI=1S/C13H14O2/c14-12-7-9-3-1-2-4-11(9)13(12)10-5-6-15-8-10/h5-8,11,13H,1-4H2/t11-,13+/m1/s1. The number of rotatable bonds is 1.